The number of hydrogen-bond donors (Lipinski definition) is 0. The van der Waals surface area contributed by atoms with E-state index in [2.05, 4.69) is 29.1 Å². The Labute approximate surface area is 178 Å². The third-order valence-electron chi connectivity index (χ3n) is 4.76. The van der Waals surface area contributed by atoms with Gasteiger partial charge in [0.2, 0.25) is 4.96 Å². The largest absolute Gasteiger partial charge is 0.289 e. The third-order valence-corrected chi connectivity index (χ3v) is 5.73. The Morgan fingerprint density at radius 3 is 2.40 bits per heavy atom. The van der Waals surface area contributed by atoms with Crippen molar-refractivity contribution in [1.82, 2.24) is 19.5 Å². The van der Waals surface area contributed by atoms with Crippen LogP contribution in [0.1, 0.15) is 35.2 Å². The molecule has 0 aliphatic carbocycles. The first-order valence-electron chi connectivity index (χ1n) is 10.00. The van der Waals surface area contributed by atoms with Crippen molar-refractivity contribution in [2.24, 2.45) is 0 Å². The van der Waals surface area contributed by atoms with Gasteiger partial charge in [0.25, 0.3) is 5.56 Å². The minimum Gasteiger partial charge on any atom is -0.289 e. The molecule has 0 atom stereocenters. The highest BCUT2D eigenvalue weighted by Gasteiger charge is 2.13. The number of aryl methyl sites for hydroxylation is 1. The van der Waals surface area contributed by atoms with Gasteiger partial charge in [-0.3, -0.25) is 9.69 Å². The summed E-state index contributed by atoms with van der Waals surface area (Å²) >= 11 is 1.47. The van der Waals surface area contributed by atoms with Crippen molar-refractivity contribution >= 4 is 16.3 Å². The highest BCUT2D eigenvalue weighted by atomic mass is 32.1. The highest BCUT2D eigenvalue weighted by Crippen LogP contribution is 2.16. The molecule has 154 valence electrons. The fraction of sp³-hybridized carbons (Fsp3) is 0.261. The van der Waals surface area contributed by atoms with Gasteiger partial charge in [-0.05, 0) is 29.7 Å². The van der Waals surface area contributed by atoms with Crippen LogP contribution in [-0.4, -0.2) is 19.5 Å². The van der Waals surface area contributed by atoms with Crippen molar-refractivity contribution in [2.45, 2.75) is 39.4 Å². The standard InChI is InChI=1S/C23H23FN4OS/c1-2-6-21-26-28-22(29)13-20(25-23(28)30-21)16-27(14-17-7-4-3-5-8-17)15-18-9-11-19(24)12-10-18/h3-5,7-13H,2,6,14-16H2,1H3. The van der Waals surface area contributed by atoms with Crippen molar-refractivity contribution in [3.63, 3.8) is 0 Å². The molecule has 4 aromatic rings. The molecule has 4 rings (SSSR count). The average Bonchev–Trinajstić information content (AvgIpc) is 3.14. The minimum atomic E-state index is -0.249. The second-order valence-corrected chi connectivity index (χ2v) is 8.32. The lowest BCUT2D eigenvalue weighted by molar-refractivity contribution is 0.244. The van der Waals surface area contributed by atoms with E-state index in [-0.39, 0.29) is 11.4 Å². The Morgan fingerprint density at radius 2 is 1.70 bits per heavy atom. The summed E-state index contributed by atoms with van der Waals surface area (Å²) < 4.78 is 14.7. The van der Waals surface area contributed by atoms with Crippen LogP contribution in [0.5, 0.6) is 0 Å². The summed E-state index contributed by atoms with van der Waals surface area (Å²) in [6, 6.07) is 18.2. The Balaban J connectivity index is 1.61. The van der Waals surface area contributed by atoms with Gasteiger partial charge >= 0.3 is 0 Å². The summed E-state index contributed by atoms with van der Waals surface area (Å²) in [6.45, 7) is 3.92. The molecule has 7 heteroatoms. The summed E-state index contributed by atoms with van der Waals surface area (Å²) in [5.74, 6) is -0.249. The normalized spacial score (nSPS) is 11.4. The van der Waals surface area contributed by atoms with Crippen molar-refractivity contribution in [3.05, 3.63) is 98.7 Å². The van der Waals surface area contributed by atoms with Crippen molar-refractivity contribution in [2.75, 3.05) is 0 Å². The zero-order valence-corrected chi connectivity index (χ0v) is 17.6. The molecule has 0 amide bonds. The van der Waals surface area contributed by atoms with Crippen LogP contribution in [0.3, 0.4) is 0 Å². The van der Waals surface area contributed by atoms with E-state index in [0.717, 1.165) is 23.4 Å². The van der Waals surface area contributed by atoms with E-state index in [1.807, 2.05) is 18.2 Å². The zero-order chi connectivity index (χ0) is 20.9. The summed E-state index contributed by atoms with van der Waals surface area (Å²) in [5.41, 5.74) is 2.73. The first-order valence-corrected chi connectivity index (χ1v) is 10.8. The molecule has 0 aliphatic heterocycles. The summed E-state index contributed by atoms with van der Waals surface area (Å²) in [7, 11) is 0. The van der Waals surface area contributed by atoms with Crippen LogP contribution in [-0.2, 0) is 26.1 Å². The lowest BCUT2D eigenvalue weighted by Crippen LogP contribution is -2.25. The van der Waals surface area contributed by atoms with Crippen LogP contribution in [0.25, 0.3) is 4.96 Å². The topological polar surface area (TPSA) is 50.5 Å². The molecule has 0 bridgehead atoms. The van der Waals surface area contributed by atoms with Crippen molar-refractivity contribution in [1.29, 1.82) is 0 Å². The van der Waals surface area contributed by atoms with Gasteiger partial charge in [0.05, 0.1) is 5.69 Å². The quantitative estimate of drug-likeness (QED) is 0.421. The lowest BCUT2D eigenvalue weighted by atomic mass is 10.1. The molecule has 0 unspecified atom stereocenters. The van der Waals surface area contributed by atoms with Crippen LogP contribution in [0.2, 0.25) is 0 Å². The number of benzene rings is 2. The first kappa shape index (κ1) is 20.4. The smallest absolute Gasteiger partial charge is 0.275 e. The predicted molar refractivity (Wildman–Crippen MR) is 117 cm³/mol. The molecule has 0 fully saturated rings. The van der Waals surface area contributed by atoms with Crippen LogP contribution in [0.4, 0.5) is 4.39 Å². The van der Waals surface area contributed by atoms with Gasteiger partial charge in [0, 0.05) is 32.1 Å². The molecule has 0 N–H and O–H groups in total. The number of rotatable bonds is 8. The van der Waals surface area contributed by atoms with Gasteiger partial charge < -0.3 is 0 Å². The van der Waals surface area contributed by atoms with Gasteiger partial charge in [-0.1, -0.05) is 60.7 Å². The van der Waals surface area contributed by atoms with Gasteiger partial charge in [0.1, 0.15) is 10.8 Å². The number of hydrogen-bond acceptors (Lipinski definition) is 5. The molecule has 2 aromatic carbocycles. The molecular weight excluding hydrogens is 399 g/mol. The fourth-order valence-corrected chi connectivity index (χ4v) is 4.40. The van der Waals surface area contributed by atoms with Gasteiger partial charge in [-0.2, -0.15) is 9.61 Å². The van der Waals surface area contributed by atoms with E-state index in [4.69, 9.17) is 4.98 Å². The molecule has 0 saturated heterocycles. The predicted octanol–water partition coefficient (Wildman–Crippen LogP) is 4.45. The van der Waals surface area contributed by atoms with E-state index >= 15 is 0 Å². The molecular formula is C23H23FN4OS. The monoisotopic (exact) mass is 422 g/mol. The van der Waals surface area contributed by atoms with Crippen molar-refractivity contribution in [3.8, 4) is 0 Å². The van der Waals surface area contributed by atoms with Crippen molar-refractivity contribution < 1.29 is 4.39 Å². The molecule has 0 radical (unpaired) electrons. The fourth-order valence-electron chi connectivity index (χ4n) is 3.38. The summed E-state index contributed by atoms with van der Waals surface area (Å²) in [4.78, 5) is 20.1. The zero-order valence-electron chi connectivity index (χ0n) is 16.8. The molecule has 0 spiro atoms. The molecule has 2 heterocycles. The van der Waals surface area contributed by atoms with E-state index in [0.29, 0.717) is 30.3 Å². The van der Waals surface area contributed by atoms with Gasteiger partial charge in [-0.25, -0.2) is 9.37 Å². The maximum Gasteiger partial charge on any atom is 0.275 e. The van der Waals surface area contributed by atoms with E-state index < -0.39 is 0 Å². The molecule has 5 nitrogen and oxygen atoms in total. The Bertz CT molecular complexity index is 1170. The van der Waals surface area contributed by atoms with Crippen LogP contribution < -0.4 is 5.56 Å². The molecule has 2 aromatic heterocycles. The molecule has 30 heavy (non-hydrogen) atoms. The van der Waals surface area contributed by atoms with E-state index in [1.165, 1.54) is 33.5 Å². The maximum atomic E-state index is 13.3. The van der Waals surface area contributed by atoms with Crippen LogP contribution >= 0.6 is 11.3 Å². The Hall–Kier alpha value is -2.90. The summed E-state index contributed by atoms with van der Waals surface area (Å²) in [6.07, 6.45) is 1.82. The number of halogens is 1. The third kappa shape index (κ3) is 4.98. The molecule has 0 aliphatic rings. The average molecular weight is 423 g/mol. The summed E-state index contributed by atoms with van der Waals surface area (Å²) in [5, 5.41) is 5.30. The first-order chi connectivity index (χ1) is 14.6. The second-order valence-electron chi connectivity index (χ2n) is 7.28. The maximum absolute atomic E-state index is 13.3. The Morgan fingerprint density at radius 1 is 1.00 bits per heavy atom. The second kappa shape index (κ2) is 9.28. The van der Waals surface area contributed by atoms with Gasteiger partial charge in [0.15, 0.2) is 0 Å². The van der Waals surface area contributed by atoms with Gasteiger partial charge in [-0.15, -0.1) is 0 Å². The number of aromatic nitrogens is 3. The SMILES string of the molecule is CCCc1nn2c(=O)cc(CN(Cc3ccccc3)Cc3ccc(F)cc3)nc2s1. The number of fused-ring (bicyclic) bond motifs is 1. The minimum absolute atomic E-state index is 0.157. The van der Waals surface area contributed by atoms with Crippen LogP contribution in [0.15, 0.2) is 65.5 Å². The lowest BCUT2D eigenvalue weighted by Gasteiger charge is -2.22. The Kier molecular flexibility index (Phi) is 6.30. The molecule has 0 saturated carbocycles. The highest BCUT2D eigenvalue weighted by molar-refractivity contribution is 7.16. The number of nitrogens with zero attached hydrogens (tertiary/aromatic N) is 4. The van der Waals surface area contributed by atoms with E-state index in [1.54, 1.807) is 18.2 Å². The van der Waals surface area contributed by atoms with Crippen LogP contribution in [0, 0.1) is 5.82 Å². The van der Waals surface area contributed by atoms with E-state index in [9.17, 15) is 9.18 Å².